The molecule has 1 saturated heterocycles. The summed E-state index contributed by atoms with van der Waals surface area (Å²) in [5.41, 5.74) is 5.79. The maximum atomic E-state index is 12.1. The van der Waals surface area contributed by atoms with Gasteiger partial charge in [-0.1, -0.05) is 0 Å². The summed E-state index contributed by atoms with van der Waals surface area (Å²) in [5.74, 6) is 0. The van der Waals surface area contributed by atoms with Gasteiger partial charge in [0.25, 0.3) is 10.0 Å². The Bertz CT molecular complexity index is 518. The van der Waals surface area contributed by atoms with E-state index in [1.807, 2.05) is 6.92 Å². The molecule has 0 aromatic carbocycles. The molecule has 3 N–H and O–H groups in total. The van der Waals surface area contributed by atoms with Crippen LogP contribution in [0.25, 0.3) is 0 Å². The highest BCUT2D eigenvalue weighted by Gasteiger charge is 2.26. The summed E-state index contributed by atoms with van der Waals surface area (Å²) in [7, 11) is -3.66. The van der Waals surface area contributed by atoms with Crippen molar-refractivity contribution in [2.24, 2.45) is 0 Å². The molecular formula is C11H17N3O3S. The Morgan fingerprint density at radius 2 is 2.33 bits per heavy atom. The van der Waals surface area contributed by atoms with Gasteiger partial charge in [0.05, 0.1) is 11.8 Å². The molecule has 0 bridgehead atoms. The van der Waals surface area contributed by atoms with Crippen LogP contribution in [0.1, 0.15) is 19.8 Å². The molecule has 1 aliphatic rings. The molecule has 6 nitrogen and oxygen atoms in total. The third kappa shape index (κ3) is 2.98. The lowest BCUT2D eigenvalue weighted by Gasteiger charge is -2.27. The van der Waals surface area contributed by atoms with Crippen molar-refractivity contribution in [3.8, 4) is 0 Å². The van der Waals surface area contributed by atoms with Gasteiger partial charge in [0, 0.05) is 18.8 Å². The molecule has 2 atom stereocenters. The van der Waals surface area contributed by atoms with Crippen molar-refractivity contribution in [1.82, 2.24) is 9.71 Å². The number of nitrogens with zero attached hydrogens (tertiary/aromatic N) is 1. The Kier molecular flexibility index (Phi) is 3.84. The van der Waals surface area contributed by atoms with E-state index in [2.05, 4.69) is 9.71 Å². The Morgan fingerprint density at radius 1 is 1.56 bits per heavy atom. The smallest absolute Gasteiger partial charge is 0.260 e. The molecule has 18 heavy (non-hydrogen) atoms. The van der Waals surface area contributed by atoms with Gasteiger partial charge in [-0.05, 0) is 31.9 Å². The summed E-state index contributed by atoms with van der Waals surface area (Å²) < 4.78 is 32.3. The first-order valence-electron chi connectivity index (χ1n) is 5.83. The Hall–Kier alpha value is -1.18. The van der Waals surface area contributed by atoms with E-state index in [9.17, 15) is 8.42 Å². The molecule has 2 rings (SSSR count). The lowest BCUT2D eigenvalue weighted by Crippen LogP contribution is -2.41. The standard InChI is InChI=1S/C11H17N3O3S/c1-8-7-9(4-6-17-8)14-18(15,16)11-10(12)3-2-5-13-11/h2-3,5,8-9,14H,4,6-7,12H2,1H3. The predicted molar refractivity (Wildman–Crippen MR) is 67.4 cm³/mol. The first-order chi connectivity index (χ1) is 8.49. The van der Waals surface area contributed by atoms with Crippen molar-refractivity contribution in [1.29, 1.82) is 0 Å². The highest BCUT2D eigenvalue weighted by atomic mass is 32.2. The Morgan fingerprint density at radius 3 is 3.00 bits per heavy atom. The summed E-state index contributed by atoms with van der Waals surface area (Å²) in [6.07, 6.45) is 2.80. The SMILES string of the molecule is CC1CC(NS(=O)(=O)c2ncccc2N)CCO1. The van der Waals surface area contributed by atoms with Gasteiger partial charge in [-0.2, -0.15) is 0 Å². The molecule has 0 amide bonds. The first-order valence-corrected chi connectivity index (χ1v) is 7.32. The molecule has 2 unspecified atom stereocenters. The molecule has 1 aromatic heterocycles. The van der Waals surface area contributed by atoms with Crippen molar-refractivity contribution in [3.05, 3.63) is 18.3 Å². The summed E-state index contributed by atoms with van der Waals surface area (Å²) >= 11 is 0. The third-order valence-electron chi connectivity index (χ3n) is 2.86. The van der Waals surface area contributed by atoms with E-state index in [0.717, 1.165) is 0 Å². The minimum Gasteiger partial charge on any atom is -0.396 e. The maximum absolute atomic E-state index is 12.1. The summed E-state index contributed by atoms with van der Waals surface area (Å²) in [5, 5.41) is -0.107. The van der Waals surface area contributed by atoms with E-state index in [-0.39, 0.29) is 22.9 Å². The highest BCUT2D eigenvalue weighted by Crippen LogP contribution is 2.18. The summed E-state index contributed by atoms with van der Waals surface area (Å²) in [6.45, 7) is 2.49. The minimum atomic E-state index is -3.66. The number of nitrogen functional groups attached to an aromatic ring is 1. The zero-order valence-corrected chi connectivity index (χ0v) is 11.0. The van der Waals surface area contributed by atoms with Crippen molar-refractivity contribution < 1.29 is 13.2 Å². The van der Waals surface area contributed by atoms with Crippen molar-refractivity contribution >= 4 is 15.7 Å². The zero-order chi connectivity index (χ0) is 13.2. The normalized spacial score (nSPS) is 24.9. The molecule has 2 heterocycles. The lowest BCUT2D eigenvalue weighted by atomic mass is 10.1. The van der Waals surface area contributed by atoms with Crippen LogP contribution in [0.5, 0.6) is 0 Å². The average Bonchev–Trinajstić information content (AvgIpc) is 2.28. The van der Waals surface area contributed by atoms with Gasteiger partial charge in [-0.15, -0.1) is 0 Å². The van der Waals surface area contributed by atoms with Crippen LogP contribution in [-0.4, -0.2) is 32.2 Å². The molecule has 1 aliphatic heterocycles. The fourth-order valence-corrected chi connectivity index (χ4v) is 3.35. The van der Waals surface area contributed by atoms with E-state index in [0.29, 0.717) is 19.4 Å². The number of nitrogens with one attached hydrogen (secondary N) is 1. The van der Waals surface area contributed by atoms with Crippen LogP contribution in [0, 0.1) is 0 Å². The minimum absolute atomic E-state index is 0.0625. The molecule has 100 valence electrons. The van der Waals surface area contributed by atoms with Gasteiger partial charge in [0.2, 0.25) is 0 Å². The summed E-state index contributed by atoms with van der Waals surface area (Å²) in [4.78, 5) is 3.83. The fraction of sp³-hybridized carbons (Fsp3) is 0.545. The largest absolute Gasteiger partial charge is 0.396 e. The summed E-state index contributed by atoms with van der Waals surface area (Å²) in [6, 6.07) is 3.00. The van der Waals surface area contributed by atoms with E-state index in [1.165, 1.54) is 12.3 Å². The molecule has 0 radical (unpaired) electrons. The number of aromatic nitrogens is 1. The molecule has 0 saturated carbocycles. The molecule has 1 aromatic rings. The van der Waals surface area contributed by atoms with Gasteiger partial charge in [-0.25, -0.2) is 18.1 Å². The van der Waals surface area contributed by atoms with E-state index in [4.69, 9.17) is 10.5 Å². The highest BCUT2D eigenvalue weighted by molar-refractivity contribution is 7.89. The number of anilines is 1. The number of nitrogens with two attached hydrogens (primary N) is 1. The van der Waals surface area contributed by atoms with E-state index in [1.54, 1.807) is 6.07 Å². The van der Waals surface area contributed by atoms with Crippen molar-refractivity contribution in [2.45, 2.75) is 36.9 Å². The third-order valence-corrected chi connectivity index (χ3v) is 4.36. The van der Waals surface area contributed by atoms with Crippen LogP contribution >= 0.6 is 0 Å². The lowest BCUT2D eigenvalue weighted by molar-refractivity contribution is 0.0173. The van der Waals surface area contributed by atoms with Crippen LogP contribution in [-0.2, 0) is 14.8 Å². The van der Waals surface area contributed by atoms with Crippen LogP contribution in [0.3, 0.4) is 0 Å². The Balaban J connectivity index is 2.15. The number of hydrogen-bond donors (Lipinski definition) is 2. The average molecular weight is 271 g/mol. The molecule has 0 aliphatic carbocycles. The number of ether oxygens (including phenoxy) is 1. The molecule has 1 fully saturated rings. The van der Waals surface area contributed by atoms with Crippen LogP contribution in [0.2, 0.25) is 0 Å². The quantitative estimate of drug-likeness (QED) is 0.835. The van der Waals surface area contributed by atoms with E-state index < -0.39 is 10.0 Å². The topological polar surface area (TPSA) is 94.3 Å². The van der Waals surface area contributed by atoms with Crippen LogP contribution in [0.15, 0.2) is 23.4 Å². The second kappa shape index (κ2) is 5.21. The molecule has 7 heteroatoms. The van der Waals surface area contributed by atoms with Gasteiger partial charge in [0.15, 0.2) is 5.03 Å². The Labute approximate surface area is 107 Å². The van der Waals surface area contributed by atoms with Gasteiger partial charge in [0.1, 0.15) is 0 Å². The zero-order valence-electron chi connectivity index (χ0n) is 10.2. The van der Waals surface area contributed by atoms with Crippen molar-refractivity contribution in [3.63, 3.8) is 0 Å². The number of sulfonamides is 1. The van der Waals surface area contributed by atoms with Crippen LogP contribution in [0.4, 0.5) is 5.69 Å². The van der Waals surface area contributed by atoms with Crippen molar-refractivity contribution in [2.75, 3.05) is 12.3 Å². The van der Waals surface area contributed by atoms with E-state index >= 15 is 0 Å². The number of rotatable bonds is 3. The van der Waals surface area contributed by atoms with Gasteiger partial charge >= 0.3 is 0 Å². The number of pyridine rings is 1. The number of hydrogen-bond acceptors (Lipinski definition) is 5. The monoisotopic (exact) mass is 271 g/mol. The van der Waals surface area contributed by atoms with Gasteiger partial charge in [-0.3, -0.25) is 0 Å². The van der Waals surface area contributed by atoms with Crippen LogP contribution < -0.4 is 10.5 Å². The fourth-order valence-electron chi connectivity index (χ4n) is 2.01. The second-order valence-corrected chi connectivity index (χ2v) is 6.05. The molecular weight excluding hydrogens is 254 g/mol. The molecule has 0 spiro atoms. The second-order valence-electron chi connectivity index (χ2n) is 4.42. The van der Waals surface area contributed by atoms with Gasteiger partial charge < -0.3 is 10.5 Å². The first kappa shape index (κ1) is 13.3. The maximum Gasteiger partial charge on any atom is 0.260 e. The predicted octanol–water partition coefficient (Wildman–Crippen LogP) is 0.510.